The van der Waals surface area contributed by atoms with Crippen molar-refractivity contribution in [3.63, 3.8) is 0 Å². The van der Waals surface area contributed by atoms with Gasteiger partial charge in [0.2, 0.25) is 0 Å². The van der Waals surface area contributed by atoms with Crippen LogP contribution in [0.3, 0.4) is 0 Å². The lowest BCUT2D eigenvalue weighted by atomic mass is 10.1. The van der Waals surface area contributed by atoms with E-state index in [1.807, 2.05) is 0 Å². The molecule has 0 heterocycles. The molecule has 0 fully saturated rings. The monoisotopic (exact) mass is 336 g/mol. The van der Waals surface area contributed by atoms with Crippen molar-refractivity contribution in [2.45, 2.75) is 18.3 Å². The maximum Gasteiger partial charge on any atom is 0.314 e. The number of carbonyl (C=O) groups is 1. The maximum atomic E-state index is 13.3. The van der Waals surface area contributed by atoms with Gasteiger partial charge in [0.05, 0.1) is 11.1 Å². The molecule has 8 heteroatoms. The van der Waals surface area contributed by atoms with Crippen LogP contribution in [0.4, 0.5) is 9.18 Å². The van der Waals surface area contributed by atoms with Crippen molar-refractivity contribution >= 4 is 28.4 Å². The number of benzene rings is 1. The number of hydrogen-bond acceptors (Lipinski definition) is 3. The zero-order chi connectivity index (χ0) is 16.0. The van der Waals surface area contributed by atoms with Crippen LogP contribution in [0.2, 0.25) is 5.02 Å². The van der Waals surface area contributed by atoms with Crippen LogP contribution >= 0.6 is 11.6 Å². The molecule has 0 spiro atoms. The van der Waals surface area contributed by atoms with Gasteiger partial charge in [0, 0.05) is 35.4 Å². The second kappa shape index (κ2) is 8.31. The Balaban J connectivity index is 2.41. The summed E-state index contributed by atoms with van der Waals surface area (Å²) in [6.45, 7) is 1.94. The van der Waals surface area contributed by atoms with Crippen molar-refractivity contribution in [1.82, 2.24) is 10.6 Å². The number of amides is 2. The van der Waals surface area contributed by atoms with E-state index in [2.05, 4.69) is 10.6 Å². The molecule has 0 aliphatic rings. The largest absolute Gasteiger partial charge is 0.387 e. The first-order chi connectivity index (χ1) is 9.81. The zero-order valence-corrected chi connectivity index (χ0v) is 13.3. The van der Waals surface area contributed by atoms with Crippen molar-refractivity contribution in [3.8, 4) is 0 Å². The fourth-order valence-electron chi connectivity index (χ4n) is 1.44. The summed E-state index contributed by atoms with van der Waals surface area (Å²) in [5, 5.41) is 14.7. The molecule has 118 valence electrons. The summed E-state index contributed by atoms with van der Waals surface area (Å²) >= 11 is 5.55. The molecular weight excluding hydrogens is 319 g/mol. The topological polar surface area (TPSA) is 78.4 Å². The number of hydrogen-bond donors (Lipinski definition) is 3. The van der Waals surface area contributed by atoms with E-state index in [1.54, 1.807) is 13.2 Å². The number of carbonyl (C=O) groups excluding carboxylic acids is 1. The zero-order valence-electron chi connectivity index (χ0n) is 11.7. The summed E-state index contributed by atoms with van der Waals surface area (Å²) in [6, 6.07) is 3.46. The number of aliphatic hydroxyl groups excluding tert-OH is 1. The van der Waals surface area contributed by atoms with E-state index >= 15 is 0 Å². The molecule has 0 aliphatic heterocycles. The van der Waals surface area contributed by atoms with E-state index in [0.717, 1.165) is 6.07 Å². The van der Waals surface area contributed by atoms with Gasteiger partial charge in [-0.2, -0.15) is 0 Å². The standard InChI is InChI=1S/C13H18ClFN2O3S/c1-8(21(2)20)6-16-13(19)17-7-12(18)9-3-4-10(14)11(15)5-9/h3-5,8,12,18H,6-7H2,1-2H3,(H2,16,17,19). The van der Waals surface area contributed by atoms with E-state index in [0.29, 0.717) is 5.56 Å². The summed E-state index contributed by atoms with van der Waals surface area (Å²) in [6.07, 6.45) is 0.517. The minimum absolute atomic E-state index is 0.0294. The fourth-order valence-corrected chi connectivity index (χ4v) is 1.88. The van der Waals surface area contributed by atoms with E-state index in [1.165, 1.54) is 12.1 Å². The lowest BCUT2D eigenvalue weighted by Gasteiger charge is -2.14. The summed E-state index contributed by atoms with van der Waals surface area (Å²) in [5.41, 5.74) is 0.320. The number of aliphatic hydroxyl groups is 1. The van der Waals surface area contributed by atoms with Crippen molar-refractivity contribution in [3.05, 3.63) is 34.6 Å². The smallest absolute Gasteiger partial charge is 0.314 e. The highest BCUT2D eigenvalue weighted by atomic mass is 35.5. The van der Waals surface area contributed by atoms with Crippen LogP contribution in [-0.4, -0.2) is 39.9 Å². The number of halogens is 2. The van der Waals surface area contributed by atoms with Crippen LogP contribution in [0.15, 0.2) is 18.2 Å². The number of urea groups is 1. The second-order valence-electron chi connectivity index (χ2n) is 4.59. The van der Waals surface area contributed by atoms with Gasteiger partial charge >= 0.3 is 6.03 Å². The Labute approximate surface area is 130 Å². The molecule has 0 aliphatic carbocycles. The quantitative estimate of drug-likeness (QED) is 0.738. The van der Waals surface area contributed by atoms with Crippen molar-refractivity contribution in [1.29, 1.82) is 0 Å². The molecule has 3 atom stereocenters. The number of nitrogens with one attached hydrogen (secondary N) is 2. The molecular formula is C13H18ClFN2O3S. The van der Waals surface area contributed by atoms with Gasteiger partial charge in [-0.05, 0) is 24.6 Å². The van der Waals surface area contributed by atoms with Crippen LogP contribution in [0.1, 0.15) is 18.6 Å². The molecule has 0 saturated carbocycles. The SMILES string of the molecule is CC(CNC(=O)NCC(O)c1ccc(Cl)c(F)c1)S(C)=O. The highest BCUT2D eigenvalue weighted by Crippen LogP contribution is 2.19. The molecule has 21 heavy (non-hydrogen) atoms. The summed E-state index contributed by atoms with van der Waals surface area (Å²) in [5.74, 6) is -0.628. The normalized spacial score (nSPS) is 15.1. The Morgan fingerprint density at radius 1 is 1.43 bits per heavy atom. The Morgan fingerprint density at radius 3 is 2.62 bits per heavy atom. The van der Waals surface area contributed by atoms with Gasteiger partial charge in [-0.15, -0.1) is 0 Å². The molecule has 2 amide bonds. The van der Waals surface area contributed by atoms with E-state index in [4.69, 9.17) is 11.6 Å². The Bertz CT molecular complexity index is 530. The third-order valence-electron chi connectivity index (χ3n) is 2.90. The molecule has 3 unspecified atom stereocenters. The maximum absolute atomic E-state index is 13.3. The van der Waals surface area contributed by atoms with Crippen LogP contribution in [0.25, 0.3) is 0 Å². The first-order valence-corrected chi connectivity index (χ1v) is 8.28. The van der Waals surface area contributed by atoms with Gasteiger partial charge in [-0.1, -0.05) is 17.7 Å². The van der Waals surface area contributed by atoms with E-state index in [9.17, 15) is 18.5 Å². The first-order valence-electron chi connectivity index (χ1n) is 6.28. The molecule has 1 aromatic carbocycles. The van der Waals surface area contributed by atoms with Gasteiger partial charge in [-0.3, -0.25) is 4.21 Å². The lowest BCUT2D eigenvalue weighted by Crippen LogP contribution is -2.41. The van der Waals surface area contributed by atoms with Gasteiger partial charge in [0.1, 0.15) is 5.82 Å². The second-order valence-corrected chi connectivity index (χ2v) is 6.80. The first kappa shape index (κ1) is 17.9. The highest BCUT2D eigenvalue weighted by Gasteiger charge is 2.12. The average molecular weight is 337 g/mol. The summed E-state index contributed by atoms with van der Waals surface area (Å²) in [4.78, 5) is 11.5. The minimum Gasteiger partial charge on any atom is -0.387 e. The fraction of sp³-hybridized carbons (Fsp3) is 0.462. The number of rotatable bonds is 6. The molecule has 1 rings (SSSR count). The molecule has 0 radical (unpaired) electrons. The predicted octanol–water partition coefficient (Wildman–Crippen LogP) is 1.58. The molecule has 5 nitrogen and oxygen atoms in total. The van der Waals surface area contributed by atoms with E-state index < -0.39 is 28.8 Å². The van der Waals surface area contributed by atoms with Crippen LogP contribution in [0, 0.1) is 5.82 Å². The Hall–Kier alpha value is -1.18. The minimum atomic E-state index is -1.04. The molecule has 0 bridgehead atoms. The van der Waals surface area contributed by atoms with Crippen molar-refractivity contribution in [2.75, 3.05) is 19.3 Å². The van der Waals surface area contributed by atoms with Crippen molar-refractivity contribution in [2.24, 2.45) is 0 Å². The Morgan fingerprint density at radius 2 is 2.05 bits per heavy atom. The average Bonchev–Trinajstić information content (AvgIpc) is 2.44. The van der Waals surface area contributed by atoms with Crippen LogP contribution in [-0.2, 0) is 10.8 Å². The summed E-state index contributed by atoms with van der Waals surface area (Å²) < 4.78 is 24.4. The van der Waals surface area contributed by atoms with Gasteiger partial charge in [0.15, 0.2) is 0 Å². The molecule has 0 saturated heterocycles. The molecule has 3 N–H and O–H groups in total. The van der Waals surface area contributed by atoms with Crippen molar-refractivity contribution < 1.29 is 18.5 Å². The van der Waals surface area contributed by atoms with Gasteiger partial charge in [-0.25, -0.2) is 9.18 Å². The van der Waals surface area contributed by atoms with E-state index in [-0.39, 0.29) is 23.4 Å². The third kappa shape index (κ3) is 5.99. The highest BCUT2D eigenvalue weighted by molar-refractivity contribution is 7.84. The van der Waals surface area contributed by atoms with Crippen LogP contribution < -0.4 is 10.6 Å². The lowest BCUT2D eigenvalue weighted by molar-refractivity contribution is 0.173. The molecule has 1 aromatic rings. The third-order valence-corrected chi connectivity index (χ3v) is 4.51. The summed E-state index contributed by atoms with van der Waals surface area (Å²) in [7, 11) is -1.02. The molecule has 0 aromatic heterocycles. The predicted molar refractivity (Wildman–Crippen MR) is 81.3 cm³/mol. The Kier molecular flexibility index (Phi) is 7.07. The van der Waals surface area contributed by atoms with Crippen LogP contribution in [0.5, 0.6) is 0 Å². The van der Waals surface area contributed by atoms with Gasteiger partial charge in [0.25, 0.3) is 0 Å². The van der Waals surface area contributed by atoms with Gasteiger partial charge < -0.3 is 15.7 Å².